The van der Waals surface area contributed by atoms with E-state index >= 15 is 0 Å². The Morgan fingerprint density at radius 1 is 1.86 bits per heavy atom. The fourth-order valence-corrected chi connectivity index (χ4v) is 0. The van der Waals surface area contributed by atoms with Crippen LogP contribution in [0.5, 0.6) is 0 Å². The van der Waals surface area contributed by atoms with Crippen molar-refractivity contribution in [3.63, 3.8) is 0 Å². The number of carbonyl (C=O) groups excluding carboxylic acids is 1. The van der Waals surface area contributed by atoms with Gasteiger partial charge < -0.3 is 10.8 Å². The SMILES string of the molecule is CC(O)C(N)=O.[KH]. The Morgan fingerprint density at radius 3 is 2.00 bits per heavy atom. The summed E-state index contributed by atoms with van der Waals surface area (Å²) < 4.78 is 0. The fourth-order valence-electron chi connectivity index (χ4n) is 0. The molecule has 3 nitrogen and oxygen atoms in total. The number of rotatable bonds is 1. The molecule has 1 atom stereocenters. The van der Waals surface area contributed by atoms with Gasteiger partial charge in [-0.1, -0.05) is 0 Å². The van der Waals surface area contributed by atoms with Crippen molar-refractivity contribution in [1.29, 1.82) is 0 Å². The van der Waals surface area contributed by atoms with Crippen molar-refractivity contribution < 1.29 is 9.90 Å². The van der Waals surface area contributed by atoms with E-state index in [4.69, 9.17) is 5.11 Å². The zero-order valence-electron chi connectivity index (χ0n) is 3.51. The molecule has 0 fully saturated rings. The molecule has 0 aliphatic rings. The van der Waals surface area contributed by atoms with Gasteiger partial charge in [0.15, 0.2) is 0 Å². The number of aliphatic hydroxyl groups excluding tert-OH is 1. The Labute approximate surface area is 84.7 Å². The number of hydrogen-bond donors (Lipinski definition) is 2. The third-order valence-electron chi connectivity index (χ3n) is 0.412. The summed E-state index contributed by atoms with van der Waals surface area (Å²) in [6, 6.07) is 0. The van der Waals surface area contributed by atoms with E-state index in [9.17, 15) is 4.79 Å². The summed E-state index contributed by atoms with van der Waals surface area (Å²) >= 11 is 0. The van der Waals surface area contributed by atoms with Crippen LogP contribution < -0.4 is 5.73 Å². The first-order chi connectivity index (χ1) is 2.64. The van der Waals surface area contributed by atoms with Crippen LogP contribution >= 0.6 is 0 Å². The zero-order valence-corrected chi connectivity index (χ0v) is 3.51. The molecule has 0 bridgehead atoms. The molecule has 0 saturated carbocycles. The summed E-state index contributed by atoms with van der Waals surface area (Å²) in [4.78, 5) is 9.67. The molecule has 4 heteroatoms. The van der Waals surface area contributed by atoms with Gasteiger partial charge in [-0.3, -0.25) is 4.79 Å². The van der Waals surface area contributed by atoms with Crippen LogP contribution in [0.4, 0.5) is 0 Å². The van der Waals surface area contributed by atoms with Gasteiger partial charge in [0.05, 0.1) is 0 Å². The third kappa shape index (κ3) is 7.07. The van der Waals surface area contributed by atoms with Crippen molar-refractivity contribution in [3.8, 4) is 0 Å². The molecule has 0 aliphatic carbocycles. The standard InChI is InChI=1S/C3H7NO2.K.H/c1-2(5)3(4)6;;/h2,5H,1H3,(H2,4,6);;. The minimum atomic E-state index is -1.01. The summed E-state index contributed by atoms with van der Waals surface area (Å²) in [6.07, 6.45) is -1.01. The molecule has 0 aromatic carbocycles. The van der Waals surface area contributed by atoms with Crippen molar-refractivity contribution in [1.82, 2.24) is 0 Å². The van der Waals surface area contributed by atoms with Gasteiger partial charge in [-0.15, -0.1) is 0 Å². The number of amides is 1. The van der Waals surface area contributed by atoms with Gasteiger partial charge in [0, 0.05) is 0 Å². The van der Waals surface area contributed by atoms with Gasteiger partial charge in [-0.25, -0.2) is 0 Å². The first kappa shape index (κ1) is 10.9. The Balaban J connectivity index is 0. The van der Waals surface area contributed by atoms with Crippen molar-refractivity contribution in [2.45, 2.75) is 13.0 Å². The quantitative estimate of drug-likeness (QED) is 0.410. The van der Waals surface area contributed by atoms with Gasteiger partial charge in [0.2, 0.25) is 5.91 Å². The van der Waals surface area contributed by atoms with Gasteiger partial charge >= 0.3 is 51.4 Å². The number of carbonyl (C=O) groups is 1. The zero-order chi connectivity index (χ0) is 5.15. The first-order valence-electron chi connectivity index (χ1n) is 1.62. The van der Waals surface area contributed by atoms with E-state index < -0.39 is 12.0 Å². The summed E-state index contributed by atoms with van der Waals surface area (Å²) in [6.45, 7) is 1.32. The van der Waals surface area contributed by atoms with Crippen LogP contribution in [-0.4, -0.2) is 68.5 Å². The molecule has 7 heavy (non-hydrogen) atoms. The third-order valence-corrected chi connectivity index (χ3v) is 0.412. The molecule has 1 unspecified atom stereocenters. The summed E-state index contributed by atoms with van der Waals surface area (Å²) in [5, 5.41) is 8.16. The van der Waals surface area contributed by atoms with Crippen molar-refractivity contribution in [2.24, 2.45) is 5.73 Å². The van der Waals surface area contributed by atoms with Crippen LogP contribution in [0.1, 0.15) is 6.92 Å². The Morgan fingerprint density at radius 2 is 2.00 bits per heavy atom. The summed E-state index contributed by atoms with van der Waals surface area (Å²) in [5.74, 6) is -0.685. The Kier molecular flexibility index (Phi) is 8.14. The van der Waals surface area contributed by atoms with E-state index in [0.717, 1.165) is 0 Å². The molecule has 0 heterocycles. The number of primary amides is 1. The Hall–Kier alpha value is 1.07. The van der Waals surface area contributed by atoms with E-state index in [-0.39, 0.29) is 51.4 Å². The molecule has 0 saturated heterocycles. The Bertz CT molecular complexity index is 64.0. The molecule has 1 amide bonds. The van der Waals surface area contributed by atoms with Crippen LogP contribution in [0.25, 0.3) is 0 Å². The molecular formula is C3H8KNO2. The van der Waals surface area contributed by atoms with Crippen LogP contribution in [0.15, 0.2) is 0 Å². The van der Waals surface area contributed by atoms with Crippen LogP contribution in [0, 0.1) is 0 Å². The van der Waals surface area contributed by atoms with E-state index in [2.05, 4.69) is 5.73 Å². The van der Waals surface area contributed by atoms with Crippen molar-refractivity contribution in [2.75, 3.05) is 0 Å². The maximum atomic E-state index is 9.67. The van der Waals surface area contributed by atoms with E-state index in [1.54, 1.807) is 0 Å². The molecule has 0 spiro atoms. The molecule has 0 aromatic heterocycles. The average molecular weight is 129 g/mol. The monoisotopic (exact) mass is 129 g/mol. The summed E-state index contributed by atoms with van der Waals surface area (Å²) in [5.41, 5.74) is 4.55. The summed E-state index contributed by atoms with van der Waals surface area (Å²) in [7, 11) is 0. The second kappa shape index (κ2) is 5.21. The van der Waals surface area contributed by atoms with Crippen LogP contribution in [-0.2, 0) is 4.79 Å². The fraction of sp³-hybridized carbons (Fsp3) is 0.667. The average Bonchev–Trinajstić information content (AvgIpc) is 1.36. The van der Waals surface area contributed by atoms with Crippen LogP contribution in [0.2, 0.25) is 0 Å². The van der Waals surface area contributed by atoms with Gasteiger partial charge in [-0.2, -0.15) is 0 Å². The van der Waals surface area contributed by atoms with Gasteiger partial charge in [0.25, 0.3) is 0 Å². The van der Waals surface area contributed by atoms with Crippen molar-refractivity contribution in [3.05, 3.63) is 0 Å². The van der Waals surface area contributed by atoms with Crippen LogP contribution in [0.3, 0.4) is 0 Å². The van der Waals surface area contributed by atoms with E-state index in [1.807, 2.05) is 0 Å². The van der Waals surface area contributed by atoms with Gasteiger partial charge in [-0.05, 0) is 6.92 Å². The molecular weight excluding hydrogens is 121 g/mol. The predicted octanol–water partition coefficient (Wildman–Crippen LogP) is -1.80. The molecule has 38 valence electrons. The normalized spacial score (nSPS) is 11.7. The van der Waals surface area contributed by atoms with Gasteiger partial charge in [0.1, 0.15) is 6.10 Å². The second-order valence-corrected chi connectivity index (χ2v) is 1.08. The number of hydrogen-bond acceptors (Lipinski definition) is 2. The number of aliphatic hydroxyl groups is 1. The maximum absolute atomic E-state index is 9.67. The topological polar surface area (TPSA) is 63.3 Å². The molecule has 0 aliphatic heterocycles. The second-order valence-electron chi connectivity index (χ2n) is 1.08. The van der Waals surface area contributed by atoms with E-state index in [1.165, 1.54) is 6.92 Å². The minimum absolute atomic E-state index is 0. The molecule has 0 aromatic rings. The molecule has 0 rings (SSSR count). The number of nitrogens with two attached hydrogens (primary N) is 1. The molecule has 0 radical (unpaired) electrons. The van der Waals surface area contributed by atoms with E-state index in [0.29, 0.717) is 0 Å². The van der Waals surface area contributed by atoms with Crippen molar-refractivity contribution >= 4 is 57.3 Å². The first-order valence-corrected chi connectivity index (χ1v) is 1.62. The molecule has 3 N–H and O–H groups in total. The predicted molar refractivity (Wildman–Crippen MR) is 28.0 cm³/mol.